The van der Waals surface area contributed by atoms with E-state index < -0.39 is 0 Å². The highest BCUT2D eigenvalue weighted by atomic mass is 16.5. The zero-order valence-electron chi connectivity index (χ0n) is 13.7. The Morgan fingerprint density at radius 2 is 1.87 bits per heavy atom. The molecular formula is C19H22N2O2. The Morgan fingerprint density at radius 1 is 1.17 bits per heavy atom. The number of hydrogen-bond acceptors (Lipinski definition) is 3. The molecule has 0 spiro atoms. The zero-order valence-corrected chi connectivity index (χ0v) is 13.7. The van der Waals surface area contributed by atoms with Crippen LogP contribution in [0.5, 0.6) is 5.75 Å². The first kappa shape index (κ1) is 15.4. The van der Waals surface area contributed by atoms with E-state index in [2.05, 4.69) is 19.2 Å². The molecule has 0 bridgehead atoms. The predicted octanol–water partition coefficient (Wildman–Crippen LogP) is 4.06. The molecule has 2 unspecified atom stereocenters. The molecule has 0 saturated heterocycles. The van der Waals surface area contributed by atoms with Gasteiger partial charge in [-0.2, -0.15) is 0 Å². The topological polar surface area (TPSA) is 41.6 Å². The quantitative estimate of drug-likeness (QED) is 0.926. The summed E-state index contributed by atoms with van der Waals surface area (Å²) in [5.41, 5.74) is 2.53. The fourth-order valence-corrected chi connectivity index (χ4v) is 2.75. The maximum Gasteiger partial charge on any atom is 0.257 e. The number of rotatable bonds is 4. The number of amides is 1. The van der Waals surface area contributed by atoms with E-state index in [0.717, 1.165) is 23.4 Å². The van der Waals surface area contributed by atoms with Crippen molar-refractivity contribution in [2.24, 2.45) is 0 Å². The van der Waals surface area contributed by atoms with Gasteiger partial charge in [-0.25, -0.2) is 0 Å². The van der Waals surface area contributed by atoms with Gasteiger partial charge in [-0.05, 0) is 31.5 Å². The number of fused-ring (bicyclic) bond motifs is 1. The third kappa shape index (κ3) is 2.89. The van der Waals surface area contributed by atoms with Crippen molar-refractivity contribution < 1.29 is 9.53 Å². The van der Waals surface area contributed by atoms with Gasteiger partial charge in [0.25, 0.3) is 5.91 Å². The average Bonchev–Trinajstić information content (AvgIpc) is 2.58. The lowest BCUT2D eigenvalue weighted by atomic mass is 10.0. The number of benzene rings is 2. The van der Waals surface area contributed by atoms with Crippen molar-refractivity contribution in [3.8, 4) is 5.75 Å². The van der Waals surface area contributed by atoms with Gasteiger partial charge in [-0.3, -0.25) is 4.79 Å². The molecule has 3 rings (SSSR count). The van der Waals surface area contributed by atoms with Crippen LogP contribution in [0.3, 0.4) is 0 Å². The summed E-state index contributed by atoms with van der Waals surface area (Å²) in [6.45, 7) is 4.15. The van der Waals surface area contributed by atoms with Gasteiger partial charge < -0.3 is 15.0 Å². The summed E-state index contributed by atoms with van der Waals surface area (Å²) in [7, 11) is 1.82. The van der Waals surface area contributed by atoms with E-state index in [-0.39, 0.29) is 18.2 Å². The van der Waals surface area contributed by atoms with Crippen molar-refractivity contribution in [1.82, 2.24) is 4.90 Å². The molecule has 1 amide bonds. The van der Waals surface area contributed by atoms with Crippen molar-refractivity contribution in [2.45, 2.75) is 32.5 Å². The first-order chi connectivity index (χ1) is 11.1. The van der Waals surface area contributed by atoms with Crippen LogP contribution in [-0.4, -0.2) is 24.0 Å². The second-order valence-electron chi connectivity index (χ2n) is 5.88. The van der Waals surface area contributed by atoms with Crippen molar-refractivity contribution in [2.75, 3.05) is 12.4 Å². The van der Waals surface area contributed by atoms with Crippen molar-refractivity contribution in [3.05, 3.63) is 59.7 Å². The Balaban J connectivity index is 1.98. The highest BCUT2D eigenvalue weighted by molar-refractivity contribution is 6.01. The first-order valence-corrected chi connectivity index (χ1v) is 8.00. The van der Waals surface area contributed by atoms with E-state index in [1.54, 1.807) is 4.90 Å². The van der Waals surface area contributed by atoms with E-state index in [9.17, 15) is 4.79 Å². The summed E-state index contributed by atoms with van der Waals surface area (Å²) in [5.74, 6) is 0.834. The molecule has 23 heavy (non-hydrogen) atoms. The number of anilines is 1. The normalized spacial score (nSPS) is 18.1. The molecule has 1 aliphatic rings. The number of carbonyl (C=O) groups is 1. The lowest BCUT2D eigenvalue weighted by molar-refractivity contribution is 0.0732. The molecule has 4 nitrogen and oxygen atoms in total. The monoisotopic (exact) mass is 310 g/mol. The lowest BCUT2D eigenvalue weighted by Crippen LogP contribution is -2.40. The molecule has 1 N–H and O–H groups in total. The molecule has 1 heterocycles. The van der Waals surface area contributed by atoms with Crippen LogP contribution in [0.15, 0.2) is 48.5 Å². The smallest absolute Gasteiger partial charge is 0.257 e. The molecule has 2 atom stereocenters. The van der Waals surface area contributed by atoms with Gasteiger partial charge in [-0.15, -0.1) is 0 Å². The third-order valence-electron chi connectivity index (χ3n) is 4.27. The molecule has 4 heteroatoms. The predicted molar refractivity (Wildman–Crippen MR) is 91.7 cm³/mol. The standard InChI is InChI=1S/C19H22N2O2/c1-4-13(2)23-17-12-8-6-10-15(17)18-20-16-11-7-5-9-14(16)19(22)21(18)3/h5-13,18,20H,4H2,1-3H3. The molecule has 0 saturated carbocycles. The number of hydrogen-bond donors (Lipinski definition) is 1. The maximum absolute atomic E-state index is 12.6. The molecule has 120 valence electrons. The fourth-order valence-electron chi connectivity index (χ4n) is 2.75. The number of nitrogens with one attached hydrogen (secondary N) is 1. The molecule has 2 aromatic carbocycles. The molecule has 0 aliphatic carbocycles. The summed E-state index contributed by atoms with van der Waals surface area (Å²) < 4.78 is 6.04. The molecular weight excluding hydrogens is 288 g/mol. The van der Waals surface area contributed by atoms with Gasteiger partial charge in [0.15, 0.2) is 0 Å². The largest absolute Gasteiger partial charge is 0.490 e. The fraction of sp³-hybridized carbons (Fsp3) is 0.316. The second-order valence-corrected chi connectivity index (χ2v) is 5.88. The summed E-state index contributed by atoms with van der Waals surface area (Å²) in [5, 5.41) is 3.45. The van der Waals surface area contributed by atoms with Gasteiger partial charge in [0.05, 0.1) is 11.7 Å². The Hall–Kier alpha value is -2.49. The molecule has 0 fully saturated rings. The number of ether oxygens (including phenoxy) is 1. The summed E-state index contributed by atoms with van der Waals surface area (Å²) in [4.78, 5) is 14.4. The molecule has 1 aliphatic heterocycles. The minimum atomic E-state index is -0.238. The van der Waals surface area contributed by atoms with E-state index in [1.807, 2.05) is 55.6 Å². The van der Waals surface area contributed by atoms with Crippen LogP contribution in [0, 0.1) is 0 Å². The number of carbonyl (C=O) groups excluding carboxylic acids is 1. The van der Waals surface area contributed by atoms with E-state index in [0.29, 0.717) is 5.56 Å². The Kier molecular flexibility index (Phi) is 4.24. The summed E-state index contributed by atoms with van der Waals surface area (Å²) >= 11 is 0. The van der Waals surface area contributed by atoms with Crippen molar-refractivity contribution in [3.63, 3.8) is 0 Å². The van der Waals surface area contributed by atoms with Gasteiger partial charge in [-0.1, -0.05) is 37.3 Å². The highest BCUT2D eigenvalue weighted by Gasteiger charge is 2.31. The van der Waals surface area contributed by atoms with Crippen LogP contribution in [0.2, 0.25) is 0 Å². The molecule has 0 radical (unpaired) electrons. The minimum absolute atomic E-state index is 0.0164. The first-order valence-electron chi connectivity index (χ1n) is 8.00. The van der Waals surface area contributed by atoms with Gasteiger partial charge in [0, 0.05) is 18.3 Å². The highest BCUT2D eigenvalue weighted by Crippen LogP contribution is 2.36. The van der Waals surface area contributed by atoms with Crippen LogP contribution in [0.25, 0.3) is 0 Å². The van der Waals surface area contributed by atoms with E-state index >= 15 is 0 Å². The lowest BCUT2D eigenvalue weighted by Gasteiger charge is -2.36. The van der Waals surface area contributed by atoms with Crippen LogP contribution < -0.4 is 10.1 Å². The van der Waals surface area contributed by atoms with E-state index in [1.165, 1.54) is 0 Å². The van der Waals surface area contributed by atoms with Gasteiger partial charge >= 0.3 is 0 Å². The van der Waals surface area contributed by atoms with Crippen molar-refractivity contribution >= 4 is 11.6 Å². The zero-order chi connectivity index (χ0) is 16.4. The summed E-state index contributed by atoms with van der Waals surface area (Å²) in [6.07, 6.45) is 0.829. The summed E-state index contributed by atoms with van der Waals surface area (Å²) in [6, 6.07) is 15.5. The van der Waals surface area contributed by atoms with Gasteiger partial charge in [0.1, 0.15) is 11.9 Å². The van der Waals surface area contributed by atoms with Gasteiger partial charge in [0.2, 0.25) is 0 Å². The average molecular weight is 310 g/mol. The number of para-hydroxylation sites is 2. The maximum atomic E-state index is 12.6. The Bertz CT molecular complexity index is 714. The Morgan fingerprint density at radius 3 is 2.65 bits per heavy atom. The SMILES string of the molecule is CCC(C)Oc1ccccc1C1Nc2ccccc2C(=O)N1C. The van der Waals surface area contributed by atoms with Crippen LogP contribution in [0.1, 0.15) is 42.4 Å². The minimum Gasteiger partial charge on any atom is -0.490 e. The van der Waals surface area contributed by atoms with Crippen LogP contribution >= 0.6 is 0 Å². The van der Waals surface area contributed by atoms with Crippen LogP contribution in [0.4, 0.5) is 5.69 Å². The molecule has 2 aromatic rings. The van der Waals surface area contributed by atoms with E-state index in [4.69, 9.17) is 4.74 Å². The molecule has 0 aromatic heterocycles. The second kappa shape index (κ2) is 6.32. The third-order valence-corrected chi connectivity index (χ3v) is 4.27. The Labute approximate surface area is 137 Å². The van der Waals surface area contributed by atoms with Crippen molar-refractivity contribution in [1.29, 1.82) is 0 Å². The number of nitrogens with zero attached hydrogens (tertiary/aromatic N) is 1. The van der Waals surface area contributed by atoms with Crippen LogP contribution in [-0.2, 0) is 0 Å².